The van der Waals surface area contributed by atoms with Gasteiger partial charge in [-0.25, -0.2) is 9.97 Å². The van der Waals surface area contributed by atoms with Gasteiger partial charge < -0.3 is 29.7 Å². The van der Waals surface area contributed by atoms with Crippen molar-refractivity contribution in [1.82, 2.24) is 20.2 Å². The van der Waals surface area contributed by atoms with E-state index in [1.807, 2.05) is 11.8 Å². The fourth-order valence-corrected chi connectivity index (χ4v) is 5.97. The van der Waals surface area contributed by atoms with Crippen LogP contribution in [-0.4, -0.2) is 85.0 Å². The minimum Gasteiger partial charge on any atom is -0.379 e. The molecule has 5 rings (SSSR count). The minimum absolute atomic E-state index is 0.0226. The van der Waals surface area contributed by atoms with Crippen molar-refractivity contribution in [1.29, 1.82) is 0 Å². The molecule has 3 fully saturated rings. The first kappa shape index (κ1) is 28.0. The van der Waals surface area contributed by atoms with Crippen LogP contribution < -0.4 is 10.6 Å². The molecule has 4 atom stereocenters. The summed E-state index contributed by atoms with van der Waals surface area (Å²) in [5.41, 5.74) is 3.76. The molecule has 0 saturated carbocycles. The van der Waals surface area contributed by atoms with Gasteiger partial charge in [0.15, 0.2) is 0 Å². The molecule has 9 heteroatoms. The standard InChI is InChI=1S/C30H43N5O4/c1-20-7-9-22(10-8-20)26-6-4-5-24(39-26)17-31-29-21(2)28(32-19-33-29)30(36)35-14-11-23(12-15-35)34-25-13-16-38-18-27(25)37-3/h7-10,19,23-27,34H,4-6,11-18H2,1-3H3,(H,31,32,33)/t24?,25-,26+,27+/m1/s1. The highest BCUT2D eigenvalue weighted by Crippen LogP contribution is 2.31. The molecule has 3 saturated heterocycles. The zero-order valence-electron chi connectivity index (χ0n) is 23.5. The fraction of sp³-hybridized carbons (Fsp3) is 0.633. The Hall–Kier alpha value is -2.59. The van der Waals surface area contributed by atoms with Crippen LogP contribution >= 0.6 is 0 Å². The third-order valence-electron chi connectivity index (χ3n) is 8.42. The summed E-state index contributed by atoms with van der Waals surface area (Å²) in [6, 6.07) is 9.30. The van der Waals surface area contributed by atoms with Crippen LogP contribution in [0.2, 0.25) is 0 Å². The first-order chi connectivity index (χ1) is 19.0. The number of nitrogens with zero attached hydrogens (tertiary/aromatic N) is 3. The molecule has 1 amide bonds. The highest BCUT2D eigenvalue weighted by molar-refractivity contribution is 5.94. The summed E-state index contributed by atoms with van der Waals surface area (Å²) in [6.45, 7) is 7.50. The van der Waals surface area contributed by atoms with Crippen molar-refractivity contribution in [3.05, 3.63) is 53.0 Å². The SMILES string of the molecule is CO[C@H]1COCC[C@H]1NC1CCN(C(=O)c2ncnc(NCC3CCC[C@@H](c4ccc(C)cc4)O3)c2C)CC1. The van der Waals surface area contributed by atoms with Gasteiger partial charge in [0.1, 0.15) is 17.8 Å². The molecule has 3 aliphatic rings. The van der Waals surface area contributed by atoms with Crippen LogP contribution in [0.15, 0.2) is 30.6 Å². The number of hydrogen-bond donors (Lipinski definition) is 2. The van der Waals surface area contributed by atoms with Crippen molar-refractivity contribution < 1.29 is 19.0 Å². The van der Waals surface area contributed by atoms with Crippen molar-refractivity contribution in [3.63, 3.8) is 0 Å². The maximum absolute atomic E-state index is 13.4. The van der Waals surface area contributed by atoms with Gasteiger partial charge in [-0.15, -0.1) is 0 Å². The molecule has 0 spiro atoms. The Morgan fingerprint density at radius 2 is 1.87 bits per heavy atom. The normalized spacial score (nSPS) is 26.4. The molecule has 0 aliphatic carbocycles. The van der Waals surface area contributed by atoms with E-state index >= 15 is 0 Å². The van der Waals surface area contributed by atoms with Crippen molar-refractivity contribution in [2.45, 2.75) is 82.8 Å². The summed E-state index contributed by atoms with van der Waals surface area (Å²) < 4.78 is 17.6. The number of ether oxygens (including phenoxy) is 3. The first-order valence-electron chi connectivity index (χ1n) is 14.4. The van der Waals surface area contributed by atoms with Crippen LogP contribution in [0.5, 0.6) is 0 Å². The number of hydrogen-bond acceptors (Lipinski definition) is 8. The average Bonchev–Trinajstić information content (AvgIpc) is 2.97. The third kappa shape index (κ3) is 6.95. The van der Waals surface area contributed by atoms with Crippen molar-refractivity contribution in [3.8, 4) is 0 Å². The number of benzene rings is 1. The second kappa shape index (κ2) is 13.2. The Balaban J connectivity index is 1.13. The number of methoxy groups -OCH3 is 1. The summed E-state index contributed by atoms with van der Waals surface area (Å²) in [5.74, 6) is 0.682. The Bertz CT molecular complexity index is 1090. The van der Waals surface area contributed by atoms with E-state index < -0.39 is 0 Å². The van der Waals surface area contributed by atoms with E-state index in [2.05, 4.69) is 51.8 Å². The number of anilines is 1. The second-order valence-corrected chi connectivity index (χ2v) is 11.1. The van der Waals surface area contributed by atoms with Crippen LogP contribution in [0.1, 0.15) is 71.8 Å². The van der Waals surface area contributed by atoms with Crippen LogP contribution in [0, 0.1) is 13.8 Å². The molecule has 4 heterocycles. The van der Waals surface area contributed by atoms with Gasteiger partial charge in [0.05, 0.1) is 24.9 Å². The maximum atomic E-state index is 13.4. The highest BCUT2D eigenvalue weighted by Gasteiger charge is 2.31. The lowest BCUT2D eigenvalue weighted by molar-refractivity contribution is -0.0533. The van der Waals surface area contributed by atoms with Gasteiger partial charge in [-0.05, 0) is 57.9 Å². The van der Waals surface area contributed by atoms with E-state index in [1.54, 1.807) is 7.11 Å². The summed E-state index contributed by atoms with van der Waals surface area (Å²) in [6.07, 6.45) is 7.75. The number of aromatic nitrogens is 2. The summed E-state index contributed by atoms with van der Waals surface area (Å²) in [4.78, 5) is 24.2. The molecule has 2 N–H and O–H groups in total. The van der Waals surface area contributed by atoms with Crippen LogP contribution in [-0.2, 0) is 14.2 Å². The lowest BCUT2D eigenvalue weighted by Gasteiger charge is -2.38. The van der Waals surface area contributed by atoms with E-state index in [4.69, 9.17) is 14.2 Å². The van der Waals surface area contributed by atoms with Gasteiger partial charge in [0.2, 0.25) is 0 Å². The second-order valence-electron chi connectivity index (χ2n) is 11.1. The first-order valence-corrected chi connectivity index (χ1v) is 14.4. The van der Waals surface area contributed by atoms with Crippen LogP contribution in [0.25, 0.3) is 0 Å². The molecule has 1 aromatic heterocycles. The number of rotatable bonds is 8. The Morgan fingerprint density at radius 3 is 2.64 bits per heavy atom. The Labute approximate surface area is 232 Å². The predicted octanol–water partition coefficient (Wildman–Crippen LogP) is 3.81. The zero-order valence-corrected chi connectivity index (χ0v) is 23.5. The Morgan fingerprint density at radius 1 is 1.08 bits per heavy atom. The quantitative estimate of drug-likeness (QED) is 0.525. The van der Waals surface area contributed by atoms with E-state index in [9.17, 15) is 4.79 Å². The maximum Gasteiger partial charge on any atom is 0.272 e. The molecule has 2 aromatic rings. The number of nitrogens with one attached hydrogen (secondary N) is 2. The Kier molecular flexibility index (Phi) is 9.45. The van der Waals surface area contributed by atoms with Crippen molar-refractivity contribution >= 4 is 11.7 Å². The molecule has 0 bridgehead atoms. The van der Waals surface area contributed by atoms with Gasteiger partial charge in [0.25, 0.3) is 5.91 Å². The van der Waals surface area contributed by atoms with Crippen molar-refractivity contribution in [2.75, 3.05) is 45.3 Å². The van der Waals surface area contributed by atoms with Crippen LogP contribution in [0.3, 0.4) is 0 Å². The third-order valence-corrected chi connectivity index (χ3v) is 8.42. The number of carbonyl (C=O) groups excluding carboxylic acids is 1. The molecule has 9 nitrogen and oxygen atoms in total. The molecular formula is C30H43N5O4. The van der Waals surface area contributed by atoms with Gasteiger partial charge in [0, 0.05) is 51.0 Å². The van der Waals surface area contributed by atoms with E-state index in [0.29, 0.717) is 49.8 Å². The van der Waals surface area contributed by atoms with E-state index in [-0.39, 0.29) is 24.2 Å². The number of piperidine rings is 1. The molecule has 0 radical (unpaired) electrons. The number of aryl methyl sites for hydroxylation is 1. The molecular weight excluding hydrogens is 494 g/mol. The van der Waals surface area contributed by atoms with Gasteiger partial charge in [-0.1, -0.05) is 29.8 Å². The van der Waals surface area contributed by atoms with Gasteiger partial charge in [-0.2, -0.15) is 0 Å². The zero-order chi connectivity index (χ0) is 27.2. The summed E-state index contributed by atoms with van der Waals surface area (Å²) in [5, 5.41) is 7.20. The molecule has 1 unspecified atom stereocenters. The molecule has 212 valence electrons. The smallest absolute Gasteiger partial charge is 0.272 e. The van der Waals surface area contributed by atoms with E-state index in [0.717, 1.165) is 50.7 Å². The fourth-order valence-electron chi connectivity index (χ4n) is 5.97. The average molecular weight is 538 g/mol. The highest BCUT2D eigenvalue weighted by atomic mass is 16.5. The lowest BCUT2D eigenvalue weighted by atomic mass is 9.97. The minimum atomic E-state index is -0.0226. The van der Waals surface area contributed by atoms with Crippen LogP contribution in [0.4, 0.5) is 5.82 Å². The van der Waals surface area contributed by atoms with Gasteiger partial charge >= 0.3 is 0 Å². The lowest BCUT2D eigenvalue weighted by Crippen LogP contribution is -2.54. The van der Waals surface area contributed by atoms with Crippen molar-refractivity contribution in [2.24, 2.45) is 0 Å². The molecule has 3 aliphatic heterocycles. The largest absolute Gasteiger partial charge is 0.379 e. The van der Waals surface area contributed by atoms with E-state index in [1.165, 1.54) is 17.5 Å². The number of amides is 1. The monoisotopic (exact) mass is 537 g/mol. The molecule has 1 aromatic carbocycles. The van der Waals surface area contributed by atoms with Gasteiger partial charge in [-0.3, -0.25) is 4.79 Å². The summed E-state index contributed by atoms with van der Waals surface area (Å²) >= 11 is 0. The topological polar surface area (TPSA) is 97.8 Å². The molecule has 39 heavy (non-hydrogen) atoms. The predicted molar refractivity (Wildman–Crippen MR) is 150 cm³/mol. The number of carbonyl (C=O) groups is 1. The summed E-state index contributed by atoms with van der Waals surface area (Å²) in [7, 11) is 1.74. The number of likely N-dealkylation sites (tertiary alicyclic amines) is 1.